The van der Waals surface area contributed by atoms with E-state index in [-0.39, 0.29) is 28.1 Å². The lowest BCUT2D eigenvalue weighted by atomic mass is 9.97. The molecule has 0 bridgehead atoms. The van der Waals surface area contributed by atoms with Crippen LogP contribution in [0.5, 0.6) is 0 Å². The van der Waals surface area contributed by atoms with Gasteiger partial charge in [-0.3, -0.25) is 4.40 Å². The maximum Gasteiger partial charge on any atom is 0.434 e. The third-order valence-electron chi connectivity index (χ3n) is 6.48. The van der Waals surface area contributed by atoms with Crippen LogP contribution in [0.2, 0.25) is 5.15 Å². The average molecular weight is 534 g/mol. The largest absolute Gasteiger partial charge is 0.476 e. The van der Waals surface area contributed by atoms with Crippen molar-refractivity contribution < 1.29 is 27.8 Å². The highest BCUT2D eigenvalue weighted by Crippen LogP contribution is 2.36. The van der Waals surface area contributed by atoms with Crippen molar-refractivity contribution in [2.75, 3.05) is 18.5 Å². The van der Waals surface area contributed by atoms with E-state index in [1.165, 1.54) is 16.5 Å². The van der Waals surface area contributed by atoms with Gasteiger partial charge in [0, 0.05) is 36.3 Å². The van der Waals surface area contributed by atoms with Crippen LogP contribution >= 0.6 is 11.6 Å². The number of fused-ring (bicyclic) bond motifs is 3. The quantitative estimate of drug-likeness (QED) is 0.302. The molecule has 3 aromatic heterocycles. The smallest absolute Gasteiger partial charge is 0.434 e. The molecule has 4 heterocycles. The number of nitrogens with zero attached hydrogens (tertiary/aromatic N) is 4. The molecule has 0 saturated carbocycles. The maximum absolute atomic E-state index is 13.7. The number of ether oxygens (including phenoxy) is 1. The first-order valence-electron chi connectivity index (χ1n) is 11.7. The summed E-state index contributed by atoms with van der Waals surface area (Å²) in [6.07, 6.45) is -2.35. The number of carboxylic acids is 1. The Balaban J connectivity index is 1.71. The Morgan fingerprint density at radius 2 is 1.95 bits per heavy atom. The van der Waals surface area contributed by atoms with Crippen molar-refractivity contribution in [3.05, 3.63) is 64.0 Å². The molecule has 194 valence electrons. The summed E-state index contributed by atoms with van der Waals surface area (Å²) < 4.78 is 47.9. The number of anilines is 1. The van der Waals surface area contributed by atoms with E-state index in [0.717, 1.165) is 11.8 Å². The van der Waals surface area contributed by atoms with E-state index in [0.29, 0.717) is 48.3 Å². The first kappa shape index (κ1) is 25.2. The molecule has 12 heteroatoms. The molecule has 1 aromatic carbocycles. The number of carbonyl (C=O) groups is 1. The molecule has 0 amide bonds. The minimum atomic E-state index is -4.61. The van der Waals surface area contributed by atoms with Gasteiger partial charge in [-0.15, -0.1) is 0 Å². The van der Waals surface area contributed by atoms with E-state index < -0.39 is 23.9 Å². The van der Waals surface area contributed by atoms with Gasteiger partial charge in [-0.25, -0.2) is 19.7 Å². The number of rotatable bonds is 5. The number of carboxylic acid groups (broad SMARTS) is 1. The molecule has 0 spiro atoms. The van der Waals surface area contributed by atoms with Crippen molar-refractivity contribution in [1.29, 1.82) is 0 Å². The Morgan fingerprint density at radius 3 is 2.62 bits per heavy atom. The number of nitrogens with one attached hydrogen (secondary N) is 1. The maximum atomic E-state index is 13.7. The van der Waals surface area contributed by atoms with Crippen LogP contribution < -0.4 is 5.32 Å². The van der Waals surface area contributed by atoms with E-state index in [2.05, 4.69) is 15.3 Å². The molecule has 1 atom stereocenters. The third kappa shape index (κ3) is 4.80. The van der Waals surface area contributed by atoms with Crippen molar-refractivity contribution in [3.8, 4) is 0 Å². The third-order valence-corrected chi connectivity index (χ3v) is 6.69. The van der Waals surface area contributed by atoms with Crippen LogP contribution in [0.25, 0.3) is 16.6 Å². The molecular weight excluding hydrogens is 511 g/mol. The van der Waals surface area contributed by atoms with Gasteiger partial charge < -0.3 is 15.2 Å². The summed E-state index contributed by atoms with van der Waals surface area (Å²) >= 11 is 5.88. The summed E-state index contributed by atoms with van der Waals surface area (Å²) in [6.45, 7) is 4.64. The molecule has 2 N–H and O–H groups in total. The number of aryl methyl sites for hydroxylation is 1. The van der Waals surface area contributed by atoms with Crippen LogP contribution in [0.4, 0.5) is 18.9 Å². The number of benzene rings is 1. The summed E-state index contributed by atoms with van der Waals surface area (Å²) in [4.78, 5) is 24.5. The summed E-state index contributed by atoms with van der Waals surface area (Å²) in [7, 11) is 0. The number of alkyl halides is 3. The first-order valence-corrected chi connectivity index (χ1v) is 12.0. The van der Waals surface area contributed by atoms with E-state index in [4.69, 9.17) is 21.3 Å². The molecule has 4 aromatic rings. The zero-order chi connectivity index (χ0) is 26.5. The molecule has 0 aliphatic carbocycles. The number of hydrogen-bond acceptors (Lipinski definition) is 6. The Hall–Kier alpha value is -3.44. The fraction of sp³-hybridized carbons (Fsp3) is 0.360. The number of hydrogen-bond donors (Lipinski definition) is 2. The Bertz CT molecular complexity index is 1520. The normalized spacial score (nSPS) is 15.8. The predicted octanol–water partition coefficient (Wildman–Crippen LogP) is 6.02. The highest BCUT2D eigenvalue weighted by molar-refractivity contribution is 6.29. The van der Waals surface area contributed by atoms with Crippen LogP contribution in [0.1, 0.15) is 64.9 Å². The highest BCUT2D eigenvalue weighted by Gasteiger charge is 2.35. The second kappa shape index (κ2) is 9.46. The lowest BCUT2D eigenvalue weighted by molar-refractivity contribution is -0.140. The molecule has 1 fully saturated rings. The number of imidazole rings is 1. The number of pyridine rings is 1. The topological polar surface area (TPSA) is 102 Å². The van der Waals surface area contributed by atoms with Crippen LogP contribution in [-0.4, -0.2) is 43.6 Å². The Labute approximate surface area is 214 Å². The molecule has 1 saturated heterocycles. The molecule has 37 heavy (non-hydrogen) atoms. The minimum Gasteiger partial charge on any atom is -0.476 e. The average Bonchev–Trinajstić information content (AvgIpc) is 3.31. The monoisotopic (exact) mass is 533 g/mol. The lowest BCUT2D eigenvalue weighted by Gasteiger charge is -2.24. The van der Waals surface area contributed by atoms with Gasteiger partial charge >= 0.3 is 12.1 Å². The number of aromatic carboxylic acids is 1. The summed E-state index contributed by atoms with van der Waals surface area (Å²) in [5.41, 5.74) is 1.19. The van der Waals surface area contributed by atoms with Crippen molar-refractivity contribution in [3.63, 3.8) is 0 Å². The van der Waals surface area contributed by atoms with Gasteiger partial charge in [0.2, 0.25) is 0 Å². The summed E-state index contributed by atoms with van der Waals surface area (Å²) in [6, 6.07) is 6.18. The van der Waals surface area contributed by atoms with Crippen molar-refractivity contribution in [2.24, 2.45) is 0 Å². The van der Waals surface area contributed by atoms with Gasteiger partial charge in [0.1, 0.15) is 16.6 Å². The van der Waals surface area contributed by atoms with E-state index in [9.17, 15) is 23.1 Å². The minimum absolute atomic E-state index is 0.0431. The molecule has 1 aliphatic rings. The zero-order valence-corrected chi connectivity index (χ0v) is 20.7. The van der Waals surface area contributed by atoms with E-state index in [1.807, 2.05) is 19.9 Å². The summed E-state index contributed by atoms with van der Waals surface area (Å²) in [5.74, 6) is -0.858. The fourth-order valence-corrected chi connectivity index (χ4v) is 4.90. The van der Waals surface area contributed by atoms with E-state index in [1.54, 1.807) is 6.07 Å². The number of halogens is 4. The molecule has 8 nitrogen and oxygen atoms in total. The van der Waals surface area contributed by atoms with Crippen LogP contribution in [0, 0.1) is 6.92 Å². The second-order valence-corrected chi connectivity index (χ2v) is 9.51. The fourth-order valence-electron chi connectivity index (χ4n) is 4.75. The van der Waals surface area contributed by atoms with Crippen LogP contribution in [0.15, 0.2) is 30.5 Å². The zero-order valence-electron chi connectivity index (χ0n) is 19.9. The van der Waals surface area contributed by atoms with Gasteiger partial charge in [0.05, 0.1) is 17.2 Å². The van der Waals surface area contributed by atoms with Crippen molar-refractivity contribution >= 4 is 39.8 Å². The number of aromatic nitrogens is 4. The van der Waals surface area contributed by atoms with E-state index >= 15 is 0 Å². The van der Waals surface area contributed by atoms with Gasteiger partial charge in [-0.1, -0.05) is 17.7 Å². The molecule has 5 rings (SSSR count). The SMILES string of the molecule is Cc1cc([C@@H](C)Nc2ccc(Cl)nc2C(=O)O)c2nc(C3CCOCC3)n3cc(C(F)(F)F)nc3c2c1. The van der Waals surface area contributed by atoms with Gasteiger partial charge in [0.15, 0.2) is 11.4 Å². The van der Waals surface area contributed by atoms with Crippen LogP contribution in [0.3, 0.4) is 0 Å². The van der Waals surface area contributed by atoms with Crippen molar-refractivity contribution in [2.45, 2.75) is 44.8 Å². The first-order chi connectivity index (χ1) is 17.5. The Morgan fingerprint density at radius 1 is 1.22 bits per heavy atom. The molecule has 0 unspecified atom stereocenters. The summed E-state index contributed by atoms with van der Waals surface area (Å²) in [5, 5.41) is 13.2. The Kier molecular flexibility index (Phi) is 6.45. The van der Waals surface area contributed by atoms with Gasteiger partial charge in [-0.05, 0) is 50.5 Å². The lowest BCUT2D eigenvalue weighted by Crippen LogP contribution is -2.19. The second-order valence-electron chi connectivity index (χ2n) is 9.13. The van der Waals surface area contributed by atoms with Crippen molar-refractivity contribution in [1.82, 2.24) is 19.4 Å². The van der Waals surface area contributed by atoms with Gasteiger partial charge in [0.25, 0.3) is 0 Å². The van der Waals surface area contributed by atoms with Crippen LogP contribution in [-0.2, 0) is 10.9 Å². The molecule has 1 aliphatic heterocycles. The highest BCUT2D eigenvalue weighted by atomic mass is 35.5. The standard InChI is InChI=1S/C25H23ClF3N5O3/c1-12-9-15(13(2)30-17-3-4-19(26)32-21(17)24(35)36)20-16(10-12)23-31-18(25(27,28)29)11-34(23)22(33-20)14-5-7-37-8-6-14/h3-4,9-11,13-14,30H,5-8H2,1-2H3,(H,35,36)/t13-/m1/s1. The predicted molar refractivity (Wildman–Crippen MR) is 131 cm³/mol. The van der Waals surface area contributed by atoms with Gasteiger partial charge in [-0.2, -0.15) is 13.2 Å². The molecule has 0 radical (unpaired) electrons. The molecular formula is C25H23ClF3N5O3.